The molecule has 18 heavy (non-hydrogen) atoms. The normalized spacial score (nSPS) is 21.1. The van der Waals surface area contributed by atoms with E-state index in [1.807, 2.05) is 30.3 Å². The summed E-state index contributed by atoms with van der Waals surface area (Å²) in [5, 5.41) is 3.60. The molecule has 3 rings (SSSR count). The second-order valence-electron chi connectivity index (χ2n) is 4.32. The fourth-order valence-electron chi connectivity index (χ4n) is 2.02. The molecule has 0 saturated carbocycles. The van der Waals surface area contributed by atoms with Crippen molar-refractivity contribution < 1.29 is 9.26 Å². The lowest BCUT2D eigenvalue weighted by Crippen LogP contribution is -2.00. The van der Waals surface area contributed by atoms with Crippen molar-refractivity contribution in [3.8, 4) is 0 Å². The maximum Gasteiger partial charge on any atom is 0.249 e. The van der Waals surface area contributed by atoms with Gasteiger partial charge in [0.15, 0.2) is 5.82 Å². The summed E-state index contributed by atoms with van der Waals surface area (Å²) in [6.45, 7) is 1.43. The summed E-state index contributed by atoms with van der Waals surface area (Å²) in [4.78, 5) is 4.38. The lowest BCUT2D eigenvalue weighted by Gasteiger charge is -2.03. The number of rotatable bonds is 3. The van der Waals surface area contributed by atoms with E-state index in [-0.39, 0.29) is 5.92 Å². The number of hydrogen-bond donors (Lipinski definition) is 0. The molecule has 1 fully saturated rings. The zero-order valence-corrected chi connectivity index (χ0v) is 10.5. The molecule has 1 aliphatic heterocycles. The molecule has 0 spiro atoms. The minimum atomic E-state index is -0.394. The highest BCUT2D eigenvalue weighted by Gasteiger charge is 2.25. The van der Waals surface area contributed by atoms with Crippen LogP contribution in [0.15, 0.2) is 34.9 Å². The van der Waals surface area contributed by atoms with Crippen molar-refractivity contribution in [1.29, 1.82) is 0 Å². The largest absolute Gasteiger partial charge is 0.381 e. The SMILES string of the molecule is ClC(c1ccccc1)c1nc(C2CCOC2)no1. The van der Waals surface area contributed by atoms with Gasteiger partial charge in [-0.1, -0.05) is 35.5 Å². The highest BCUT2D eigenvalue weighted by molar-refractivity contribution is 6.22. The summed E-state index contributed by atoms with van der Waals surface area (Å²) in [5.74, 6) is 1.39. The first kappa shape index (κ1) is 11.7. The van der Waals surface area contributed by atoms with Crippen LogP contribution in [0.3, 0.4) is 0 Å². The zero-order valence-electron chi connectivity index (χ0n) is 9.75. The molecule has 94 valence electrons. The van der Waals surface area contributed by atoms with Crippen molar-refractivity contribution >= 4 is 11.6 Å². The van der Waals surface area contributed by atoms with Gasteiger partial charge >= 0.3 is 0 Å². The third kappa shape index (κ3) is 2.26. The van der Waals surface area contributed by atoms with Gasteiger partial charge in [-0.05, 0) is 12.0 Å². The van der Waals surface area contributed by atoms with Crippen LogP contribution in [0.1, 0.15) is 35.0 Å². The van der Waals surface area contributed by atoms with Gasteiger partial charge < -0.3 is 9.26 Å². The minimum Gasteiger partial charge on any atom is -0.381 e. The average molecular weight is 265 g/mol. The van der Waals surface area contributed by atoms with Crippen LogP contribution in [0.2, 0.25) is 0 Å². The highest BCUT2D eigenvalue weighted by Crippen LogP contribution is 2.29. The predicted molar refractivity (Wildman–Crippen MR) is 66.6 cm³/mol. The van der Waals surface area contributed by atoms with E-state index in [1.54, 1.807) is 0 Å². The van der Waals surface area contributed by atoms with Crippen LogP contribution in [0.5, 0.6) is 0 Å². The summed E-state index contributed by atoms with van der Waals surface area (Å²) >= 11 is 6.32. The van der Waals surface area contributed by atoms with Gasteiger partial charge in [0.05, 0.1) is 6.61 Å². The first-order chi connectivity index (χ1) is 8.84. The van der Waals surface area contributed by atoms with E-state index in [1.165, 1.54) is 0 Å². The minimum absolute atomic E-state index is 0.238. The smallest absolute Gasteiger partial charge is 0.249 e. The Morgan fingerprint density at radius 2 is 2.11 bits per heavy atom. The zero-order chi connectivity index (χ0) is 12.4. The first-order valence-electron chi connectivity index (χ1n) is 5.95. The number of hydrogen-bond acceptors (Lipinski definition) is 4. The standard InChI is InChI=1S/C13H13ClN2O2/c14-11(9-4-2-1-3-5-9)13-15-12(16-18-13)10-6-7-17-8-10/h1-5,10-11H,6-8H2. The van der Waals surface area contributed by atoms with E-state index in [2.05, 4.69) is 10.1 Å². The third-order valence-corrected chi connectivity index (χ3v) is 3.50. The molecular formula is C13H13ClN2O2. The molecule has 0 aliphatic carbocycles. The van der Waals surface area contributed by atoms with Gasteiger partial charge in [-0.2, -0.15) is 4.98 Å². The summed E-state index contributed by atoms with van der Waals surface area (Å²) in [6, 6.07) is 9.71. The average Bonchev–Trinajstić information content (AvgIpc) is 3.09. The van der Waals surface area contributed by atoms with Crippen LogP contribution in [0.25, 0.3) is 0 Å². The van der Waals surface area contributed by atoms with E-state index in [9.17, 15) is 0 Å². The Hall–Kier alpha value is -1.39. The number of ether oxygens (including phenoxy) is 1. The van der Waals surface area contributed by atoms with Crippen molar-refractivity contribution in [2.45, 2.75) is 17.7 Å². The van der Waals surface area contributed by atoms with Crippen LogP contribution < -0.4 is 0 Å². The van der Waals surface area contributed by atoms with Gasteiger partial charge in [0.1, 0.15) is 5.38 Å². The fraction of sp³-hybridized carbons (Fsp3) is 0.385. The van der Waals surface area contributed by atoms with Crippen LogP contribution in [-0.2, 0) is 4.74 Å². The molecule has 1 aliphatic rings. The second-order valence-corrected chi connectivity index (χ2v) is 4.76. The van der Waals surface area contributed by atoms with Crippen molar-refractivity contribution in [1.82, 2.24) is 10.1 Å². The summed E-state index contributed by atoms with van der Waals surface area (Å²) in [7, 11) is 0. The Kier molecular flexibility index (Phi) is 3.30. The molecule has 4 nitrogen and oxygen atoms in total. The van der Waals surface area contributed by atoms with Gasteiger partial charge in [0.25, 0.3) is 0 Å². The van der Waals surface area contributed by atoms with Gasteiger partial charge in [-0.15, -0.1) is 11.6 Å². The van der Waals surface area contributed by atoms with E-state index >= 15 is 0 Å². The van der Waals surface area contributed by atoms with E-state index < -0.39 is 5.38 Å². The van der Waals surface area contributed by atoms with Crippen molar-refractivity contribution in [2.75, 3.05) is 13.2 Å². The van der Waals surface area contributed by atoms with E-state index in [0.29, 0.717) is 18.3 Å². The van der Waals surface area contributed by atoms with Crippen LogP contribution >= 0.6 is 11.6 Å². The van der Waals surface area contributed by atoms with Gasteiger partial charge in [-0.25, -0.2) is 0 Å². The maximum atomic E-state index is 6.32. The van der Waals surface area contributed by atoms with Crippen molar-refractivity contribution in [3.63, 3.8) is 0 Å². The number of alkyl halides is 1. The molecule has 2 aromatic rings. The van der Waals surface area contributed by atoms with Crippen LogP contribution in [0.4, 0.5) is 0 Å². The summed E-state index contributed by atoms with van der Waals surface area (Å²) < 4.78 is 10.6. The third-order valence-electron chi connectivity index (χ3n) is 3.06. The lowest BCUT2D eigenvalue weighted by atomic mass is 10.1. The van der Waals surface area contributed by atoms with Crippen LogP contribution in [0, 0.1) is 0 Å². The quantitative estimate of drug-likeness (QED) is 0.800. The molecular weight excluding hydrogens is 252 g/mol. The van der Waals surface area contributed by atoms with Gasteiger partial charge in [-0.3, -0.25) is 0 Å². The summed E-state index contributed by atoms with van der Waals surface area (Å²) in [5.41, 5.74) is 0.956. The van der Waals surface area contributed by atoms with Crippen molar-refractivity contribution in [2.24, 2.45) is 0 Å². The molecule has 2 atom stereocenters. The van der Waals surface area contributed by atoms with Gasteiger partial charge in [0, 0.05) is 12.5 Å². The van der Waals surface area contributed by atoms with Gasteiger partial charge in [0.2, 0.25) is 5.89 Å². The predicted octanol–water partition coefficient (Wildman–Crippen LogP) is 2.90. The topological polar surface area (TPSA) is 48.2 Å². The highest BCUT2D eigenvalue weighted by atomic mass is 35.5. The number of halogens is 1. The van der Waals surface area contributed by atoms with Crippen molar-refractivity contribution in [3.05, 3.63) is 47.6 Å². The van der Waals surface area contributed by atoms with Crippen LogP contribution in [-0.4, -0.2) is 23.4 Å². The monoisotopic (exact) mass is 264 g/mol. The molecule has 2 unspecified atom stereocenters. The molecule has 0 amide bonds. The second kappa shape index (κ2) is 5.08. The number of benzene rings is 1. The Morgan fingerprint density at radius 3 is 2.83 bits per heavy atom. The number of aromatic nitrogens is 2. The Labute approximate surface area is 110 Å². The number of nitrogens with zero attached hydrogens (tertiary/aromatic N) is 2. The molecule has 0 bridgehead atoms. The van der Waals surface area contributed by atoms with E-state index in [0.717, 1.165) is 18.6 Å². The Morgan fingerprint density at radius 1 is 1.28 bits per heavy atom. The molecule has 1 saturated heterocycles. The molecule has 2 heterocycles. The van der Waals surface area contributed by atoms with E-state index in [4.69, 9.17) is 20.9 Å². The molecule has 1 aromatic heterocycles. The lowest BCUT2D eigenvalue weighted by molar-refractivity contribution is 0.192. The maximum absolute atomic E-state index is 6.32. The molecule has 0 N–H and O–H groups in total. The first-order valence-corrected chi connectivity index (χ1v) is 6.38. The molecule has 5 heteroatoms. The fourth-order valence-corrected chi connectivity index (χ4v) is 2.25. The molecule has 0 radical (unpaired) electrons. The Balaban J connectivity index is 1.80. The Bertz CT molecular complexity index is 509. The summed E-state index contributed by atoms with van der Waals surface area (Å²) in [6.07, 6.45) is 0.942. The molecule has 1 aromatic carbocycles.